The lowest BCUT2D eigenvalue weighted by Gasteiger charge is -2.27. The normalized spacial score (nSPS) is 20.1. The van der Waals surface area contributed by atoms with Crippen LogP contribution in [0.1, 0.15) is 22.3 Å². The minimum Gasteiger partial charge on any atom is -0.495 e. The molecular formula is C19H19F4N5O3. The van der Waals surface area contributed by atoms with Crippen LogP contribution in [-0.4, -0.2) is 60.2 Å². The second-order valence-electron chi connectivity index (χ2n) is 7.16. The van der Waals surface area contributed by atoms with Crippen molar-refractivity contribution in [3.63, 3.8) is 0 Å². The topological polar surface area (TPSA) is 88.6 Å². The van der Waals surface area contributed by atoms with E-state index in [1.54, 1.807) is 4.90 Å². The third kappa shape index (κ3) is 3.94. The Morgan fingerprint density at radius 2 is 2.13 bits per heavy atom. The number of methoxy groups -OCH3 is 1. The Labute approximate surface area is 174 Å². The predicted octanol–water partition coefficient (Wildman–Crippen LogP) is 3.04. The number of nitrogens with zero attached hydrogens (tertiary/aromatic N) is 3. The highest BCUT2D eigenvalue weighted by Crippen LogP contribution is 2.36. The summed E-state index contributed by atoms with van der Waals surface area (Å²) >= 11 is 0. The van der Waals surface area contributed by atoms with Gasteiger partial charge < -0.3 is 25.0 Å². The SMILES string of the molecule is CNc1nc(Nc2cc(F)c(C(=O)N3CC4C[C@H]3CO4)cc2OC)ncc1C(F)(F)F. The van der Waals surface area contributed by atoms with Gasteiger partial charge in [0, 0.05) is 25.9 Å². The number of ether oxygens (including phenoxy) is 2. The molecule has 0 saturated carbocycles. The monoisotopic (exact) mass is 441 g/mol. The van der Waals surface area contributed by atoms with Gasteiger partial charge in [-0.05, 0) is 12.5 Å². The maximum Gasteiger partial charge on any atom is 0.421 e. The number of aromatic nitrogens is 2. The molecule has 1 aromatic carbocycles. The Balaban J connectivity index is 1.61. The maximum absolute atomic E-state index is 14.8. The Morgan fingerprint density at radius 1 is 1.35 bits per heavy atom. The first-order valence-corrected chi connectivity index (χ1v) is 9.40. The molecule has 166 valence electrons. The van der Waals surface area contributed by atoms with E-state index in [1.807, 2.05) is 0 Å². The van der Waals surface area contributed by atoms with Gasteiger partial charge in [0.15, 0.2) is 0 Å². The molecular weight excluding hydrogens is 422 g/mol. The third-order valence-corrected chi connectivity index (χ3v) is 5.26. The number of anilines is 3. The van der Waals surface area contributed by atoms with Gasteiger partial charge in [-0.3, -0.25) is 4.79 Å². The number of fused-ring (bicyclic) bond motifs is 2. The van der Waals surface area contributed by atoms with Crippen molar-refractivity contribution in [3.8, 4) is 5.75 Å². The zero-order valence-corrected chi connectivity index (χ0v) is 16.6. The summed E-state index contributed by atoms with van der Waals surface area (Å²) in [5.41, 5.74) is -1.15. The lowest BCUT2D eigenvalue weighted by Crippen LogP contribution is -2.41. The number of morpholine rings is 1. The van der Waals surface area contributed by atoms with E-state index in [0.29, 0.717) is 19.3 Å². The summed E-state index contributed by atoms with van der Waals surface area (Å²) in [5, 5.41) is 5.00. The van der Waals surface area contributed by atoms with Crippen molar-refractivity contribution in [1.29, 1.82) is 0 Å². The summed E-state index contributed by atoms with van der Waals surface area (Å²) in [4.78, 5) is 21.8. The molecule has 4 rings (SSSR count). The number of rotatable bonds is 5. The number of nitrogens with one attached hydrogen (secondary N) is 2. The van der Waals surface area contributed by atoms with Crippen LogP contribution in [0.25, 0.3) is 0 Å². The molecule has 2 aliphatic heterocycles. The number of amides is 1. The number of hydrogen-bond donors (Lipinski definition) is 2. The number of alkyl halides is 3. The quantitative estimate of drug-likeness (QED) is 0.690. The molecule has 2 aromatic rings. The van der Waals surface area contributed by atoms with Crippen LogP contribution in [0.5, 0.6) is 5.75 Å². The summed E-state index contributed by atoms with van der Waals surface area (Å²) in [6, 6.07) is 2.19. The summed E-state index contributed by atoms with van der Waals surface area (Å²) < 4.78 is 64.6. The molecule has 1 amide bonds. The summed E-state index contributed by atoms with van der Waals surface area (Å²) in [6.45, 7) is 0.825. The number of carbonyl (C=O) groups is 1. The molecule has 0 radical (unpaired) electrons. The molecule has 1 aromatic heterocycles. The molecule has 2 atom stereocenters. The van der Waals surface area contributed by atoms with Gasteiger partial charge in [-0.2, -0.15) is 18.2 Å². The largest absolute Gasteiger partial charge is 0.495 e. The molecule has 2 fully saturated rings. The van der Waals surface area contributed by atoms with Crippen LogP contribution < -0.4 is 15.4 Å². The molecule has 2 bridgehead atoms. The molecule has 8 nitrogen and oxygen atoms in total. The van der Waals surface area contributed by atoms with E-state index >= 15 is 0 Å². The first-order chi connectivity index (χ1) is 14.7. The molecule has 2 N–H and O–H groups in total. The molecule has 2 saturated heterocycles. The van der Waals surface area contributed by atoms with E-state index in [0.717, 1.165) is 12.5 Å². The Kier molecular flexibility index (Phi) is 5.33. The van der Waals surface area contributed by atoms with E-state index in [9.17, 15) is 22.4 Å². The summed E-state index contributed by atoms with van der Waals surface area (Å²) in [7, 11) is 2.61. The average Bonchev–Trinajstić information content (AvgIpc) is 3.36. The molecule has 0 aliphatic carbocycles. The number of likely N-dealkylation sites (tertiary alicyclic amines) is 1. The van der Waals surface area contributed by atoms with Gasteiger partial charge >= 0.3 is 6.18 Å². The maximum atomic E-state index is 14.8. The van der Waals surface area contributed by atoms with Crippen molar-refractivity contribution in [1.82, 2.24) is 14.9 Å². The lowest BCUT2D eigenvalue weighted by molar-refractivity contribution is -0.137. The van der Waals surface area contributed by atoms with E-state index in [-0.39, 0.29) is 35.1 Å². The van der Waals surface area contributed by atoms with Crippen molar-refractivity contribution in [2.75, 3.05) is 37.9 Å². The van der Waals surface area contributed by atoms with E-state index < -0.39 is 29.3 Å². The first kappa shape index (κ1) is 21.1. The van der Waals surface area contributed by atoms with Gasteiger partial charge in [-0.1, -0.05) is 0 Å². The van der Waals surface area contributed by atoms with Crippen molar-refractivity contribution < 1.29 is 31.8 Å². The third-order valence-electron chi connectivity index (χ3n) is 5.26. The smallest absolute Gasteiger partial charge is 0.421 e. The Bertz CT molecular complexity index is 1020. The van der Waals surface area contributed by atoms with Gasteiger partial charge in [0.25, 0.3) is 5.91 Å². The molecule has 12 heteroatoms. The highest BCUT2D eigenvalue weighted by atomic mass is 19.4. The fourth-order valence-corrected chi connectivity index (χ4v) is 3.75. The van der Waals surface area contributed by atoms with Gasteiger partial charge in [-0.25, -0.2) is 9.37 Å². The van der Waals surface area contributed by atoms with E-state index in [1.165, 1.54) is 20.2 Å². The number of carbonyl (C=O) groups excluding carboxylic acids is 1. The number of halogens is 4. The van der Waals surface area contributed by atoms with Crippen LogP contribution in [0.4, 0.5) is 35.0 Å². The number of hydrogen-bond acceptors (Lipinski definition) is 7. The van der Waals surface area contributed by atoms with Crippen molar-refractivity contribution in [2.45, 2.75) is 24.7 Å². The number of benzene rings is 1. The van der Waals surface area contributed by atoms with Gasteiger partial charge in [0.1, 0.15) is 22.9 Å². The predicted molar refractivity (Wildman–Crippen MR) is 102 cm³/mol. The Morgan fingerprint density at radius 3 is 2.71 bits per heavy atom. The van der Waals surface area contributed by atoms with Gasteiger partial charge in [0.05, 0.1) is 37.1 Å². The van der Waals surface area contributed by atoms with Crippen LogP contribution in [0, 0.1) is 5.82 Å². The fourth-order valence-electron chi connectivity index (χ4n) is 3.75. The molecule has 1 unspecified atom stereocenters. The molecule has 3 heterocycles. The molecule has 31 heavy (non-hydrogen) atoms. The van der Waals surface area contributed by atoms with E-state index in [4.69, 9.17) is 9.47 Å². The highest BCUT2D eigenvalue weighted by molar-refractivity contribution is 5.96. The average molecular weight is 441 g/mol. The fraction of sp³-hybridized carbons (Fsp3) is 0.421. The second kappa shape index (κ2) is 7.84. The van der Waals surface area contributed by atoms with Crippen LogP contribution in [0.3, 0.4) is 0 Å². The van der Waals surface area contributed by atoms with Crippen molar-refractivity contribution in [3.05, 3.63) is 35.3 Å². The summed E-state index contributed by atoms with van der Waals surface area (Å²) in [6.07, 6.45) is -3.32. The van der Waals surface area contributed by atoms with Crippen molar-refractivity contribution >= 4 is 23.4 Å². The lowest BCUT2D eigenvalue weighted by atomic mass is 10.1. The highest BCUT2D eigenvalue weighted by Gasteiger charge is 2.42. The standard InChI is InChI=1S/C19H19F4N5O3/c1-24-16-12(19(21,22)23)6-25-18(27-16)26-14-5-13(20)11(4-15(14)30-2)17(29)28-7-10-3-9(28)8-31-10/h4-6,9-10H,3,7-8H2,1-2H3,(H2,24,25,26,27)/t9-,10?/m0/s1. The van der Waals surface area contributed by atoms with Gasteiger partial charge in [-0.15, -0.1) is 0 Å². The second-order valence-corrected chi connectivity index (χ2v) is 7.16. The minimum absolute atomic E-state index is 0.0296. The van der Waals surface area contributed by atoms with Crippen molar-refractivity contribution in [2.24, 2.45) is 0 Å². The minimum atomic E-state index is -4.64. The van der Waals surface area contributed by atoms with Gasteiger partial charge in [0.2, 0.25) is 5.95 Å². The molecule has 0 spiro atoms. The molecule has 2 aliphatic rings. The van der Waals surface area contributed by atoms with Crippen LogP contribution >= 0.6 is 0 Å². The van der Waals surface area contributed by atoms with Crippen LogP contribution in [0.15, 0.2) is 18.3 Å². The zero-order chi connectivity index (χ0) is 22.3. The zero-order valence-electron chi connectivity index (χ0n) is 16.6. The van der Waals surface area contributed by atoms with Crippen LogP contribution in [0.2, 0.25) is 0 Å². The Hall–Kier alpha value is -3.15. The first-order valence-electron chi connectivity index (χ1n) is 9.40. The summed E-state index contributed by atoms with van der Waals surface area (Å²) in [5.74, 6) is -1.82. The van der Waals surface area contributed by atoms with Crippen LogP contribution in [-0.2, 0) is 10.9 Å². The van der Waals surface area contributed by atoms with E-state index in [2.05, 4.69) is 20.6 Å².